The van der Waals surface area contributed by atoms with E-state index in [-0.39, 0.29) is 18.1 Å². The van der Waals surface area contributed by atoms with E-state index in [2.05, 4.69) is 11.5 Å². The van der Waals surface area contributed by atoms with Gasteiger partial charge in [0.25, 0.3) is 0 Å². The number of pyridine rings is 1. The Kier molecular flexibility index (Phi) is 11.1. The summed E-state index contributed by atoms with van der Waals surface area (Å²) in [5.41, 5.74) is 2.85. The van der Waals surface area contributed by atoms with E-state index in [9.17, 15) is 14.7 Å². The van der Waals surface area contributed by atoms with E-state index < -0.39 is 5.97 Å². The molecule has 3 rings (SSSR count). The smallest absolute Gasteiger partial charge is 0.311 e. The molecule has 0 N–H and O–H groups in total. The van der Waals surface area contributed by atoms with Crippen molar-refractivity contribution < 1.29 is 33.5 Å². The summed E-state index contributed by atoms with van der Waals surface area (Å²) in [6.45, 7) is 2.75. The summed E-state index contributed by atoms with van der Waals surface area (Å²) >= 11 is 0. The number of nitrogens with zero attached hydrogens (tertiary/aromatic N) is 1. The molecule has 0 spiro atoms. The van der Waals surface area contributed by atoms with Crippen molar-refractivity contribution in [3.05, 3.63) is 59.8 Å². The summed E-state index contributed by atoms with van der Waals surface area (Å²) in [5.74, 6) is -0.207. The van der Waals surface area contributed by atoms with Crippen molar-refractivity contribution >= 4 is 35.0 Å². The SMILES string of the molecule is CCCCCCCC(=O)Oc1c(OC)cc(/C=C/c2cc[n+](CCCC(=O)[O-])c3ccccc23)cc1OC. The van der Waals surface area contributed by atoms with Crippen molar-refractivity contribution in [1.82, 2.24) is 0 Å². The Hall–Kier alpha value is -3.87. The van der Waals surface area contributed by atoms with Crippen LogP contribution in [0.2, 0.25) is 0 Å². The number of benzene rings is 2. The van der Waals surface area contributed by atoms with Crippen LogP contribution in [0.15, 0.2) is 48.7 Å². The van der Waals surface area contributed by atoms with E-state index in [0.717, 1.165) is 47.7 Å². The highest BCUT2D eigenvalue weighted by molar-refractivity contribution is 5.89. The summed E-state index contributed by atoms with van der Waals surface area (Å²) in [4.78, 5) is 23.2. The fourth-order valence-electron chi connectivity index (χ4n) is 4.36. The maximum absolute atomic E-state index is 12.4. The zero-order chi connectivity index (χ0) is 27.3. The van der Waals surface area contributed by atoms with Crippen LogP contribution in [0.25, 0.3) is 23.1 Å². The van der Waals surface area contributed by atoms with Gasteiger partial charge in [-0.05, 0) is 42.2 Å². The second-order valence-electron chi connectivity index (χ2n) is 9.18. The maximum Gasteiger partial charge on any atom is 0.311 e. The zero-order valence-electron chi connectivity index (χ0n) is 22.5. The van der Waals surface area contributed by atoms with Gasteiger partial charge in [0.15, 0.2) is 17.7 Å². The fraction of sp³-hybridized carbons (Fsp3) is 0.387. The molecule has 38 heavy (non-hydrogen) atoms. The first kappa shape index (κ1) is 28.7. The molecule has 2 aromatic carbocycles. The summed E-state index contributed by atoms with van der Waals surface area (Å²) in [5, 5.41) is 11.8. The maximum atomic E-state index is 12.4. The first-order chi connectivity index (χ1) is 18.5. The third-order valence-corrected chi connectivity index (χ3v) is 6.38. The molecule has 0 saturated heterocycles. The molecule has 0 aliphatic rings. The number of aryl methyl sites for hydroxylation is 1. The van der Waals surface area contributed by atoms with Gasteiger partial charge in [-0.2, -0.15) is 4.57 Å². The van der Waals surface area contributed by atoms with Crippen LogP contribution in [0.5, 0.6) is 17.2 Å². The van der Waals surface area contributed by atoms with E-state index in [1.807, 2.05) is 60.8 Å². The van der Waals surface area contributed by atoms with Crippen LogP contribution in [0.4, 0.5) is 0 Å². The van der Waals surface area contributed by atoms with Crippen molar-refractivity contribution in [3.8, 4) is 17.2 Å². The molecule has 1 aromatic heterocycles. The Morgan fingerprint density at radius 3 is 2.29 bits per heavy atom. The first-order valence-corrected chi connectivity index (χ1v) is 13.2. The van der Waals surface area contributed by atoms with Gasteiger partial charge in [0.1, 0.15) is 6.54 Å². The highest BCUT2D eigenvalue weighted by Gasteiger charge is 2.17. The average molecular weight is 520 g/mol. The third-order valence-electron chi connectivity index (χ3n) is 6.38. The van der Waals surface area contributed by atoms with Crippen LogP contribution < -0.4 is 23.9 Å². The zero-order valence-corrected chi connectivity index (χ0v) is 22.5. The lowest BCUT2D eigenvalue weighted by Crippen LogP contribution is -2.35. The molecule has 0 atom stereocenters. The molecule has 202 valence electrons. The van der Waals surface area contributed by atoms with Crippen LogP contribution in [-0.2, 0) is 16.1 Å². The van der Waals surface area contributed by atoms with Crippen LogP contribution >= 0.6 is 0 Å². The van der Waals surface area contributed by atoms with E-state index in [4.69, 9.17) is 14.2 Å². The van der Waals surface area contributed by atoms with E-state index in [1.165, 1.54) is 20.6 Å². The molecule has 0 fully saturated rings. The predicted molar refractivity (Wildman–Crippen MR) is 146 cm³/mol. The number of methoxy groups -OCH3 is 2. The molecule has 0 saturated carbocycles. The van der Waals surface area contributed by atoms with E-state index >= 15 is 0 Å². The number of para-hydroxylation sites is 1. The number of ether oxygens (including phenoxy) is 3. The Bertz CT molecular complexity index is 1240. The molecule has 0 bridgehead atoms. The molecule has 0 unspecified atom stereocenters. The second-order valence-corrected chi connectivity index (χ2v) is 9.18. The predicted octanol–water partition coefficient (Wildman–Crippen LogP) is 5.11. The fourth-order valence-corrected chi connectivity index (χ4v) is 4.36. The summed E-state index contributed by atoms with van der Waals surface area (Å²) in [6, 6.07) is 13.6. The van der Waals surface area contributed by atoms with Gasteiger partial charge in [-0.15, -0.1) is 0 Å². The third kappa shape index (κ3) is 8.07. The molecule has 0 aliphatic heterocycles. The number of unbranched alkanes of at least 4 members (excludes halogenated alkanes) is 4. The molecular weight excluding hydrogens is 482 g/mol. The Morgan fingerprint density at radius 2 is 1.61 bits per heavy atom. The van der Waals surface area contributed by atoms with E-state index in [1.54, 1.807) is 0 Å². The van der Waals surface area contributed by atoms with Gasteiger partial charge < -0.3 is 24.1 Å². The Balaban J connectivity index is 1.80. The molecule has 0 amide bonds. The van der Waals surface area contributed by atoms with Gasteiger partial charge in [0.2, 0.25) is 11.3 Å². The van der Waals surface area contributed by atoms with Crippen molar-refractivity contribution in [2.75, 3.05) is 14.2 Å². The van der Waals surface area contributed by atoms with Crippen molar-refractivity contribution in [2.45, 2.75) is 64.8 Å². The number of hydrogen-bond acceptors (Lipinski definition) is 6. The number of aromatic nitrogens is 1. The largest absolute Gasteiger partial charge is 0.550 e. The average Bonchev–Trinajstić information content (AvgIpc) is 2.92. The van der Waals surface area contributed by atoms with Crippen LogP contribution in [-0.4, -0.2) is 26.2 Å². The molecule has 1 heterocycles. The second kappa shape index (κ2) is 14.8. The molecular formula is C31H37NO6. The lowest BCUT2D eigenvalue weighted by molar-refractivity contribution is -0.671. The van der Waals surface area contributed by atoms with Crippen molar-refractivity contribution in [1.29, 1.82) is 0 Å². The lowest BCUT2D eigenvalue weighted by atomic mass is 10.1. The number of esters is 1. The van der Waals surface area contributed by atoms with E-state index in [0.29, 0.717) is 30.9 Å². The van der Waals surface area contributed by atoms with Crippen LogP contribution in [0, 0.1) is 0 Å². The Morgan fingerprint density at radius 1 is 0.895 bits per heavy atom. The number of carbonyl (C=O) groups excluding carboxylic acids is 2. The minimum absolute atomic E-state index is 0.0247. The lowest BCUT2D eigenvalue weighted by Gasteiger charge is -2.14. The van der Waals surface area contributed by atoms with Crippen molar-refractivity contribution in [3.63, 3.8) is 0 Å². The highest BCUT2D eigenvalue weighted by Crippen LogP contribution is 2.39. The number of carboxylic acids is 1. The number of hydrogen-bond donors (Lipinski definition) is 0. The molecule has 7 nitrogen and oxygen atoms in total. The number of carbonyl (C=O) groups is 2. The highest BCUT2D eigenvalue weighted by atomic mass is 16.6. The summed E-state index contributed by atoms with van der Waals surface area (Å²) < 4.78 is 18.8. The molecule has 0 aliphatic carbocycles. The molecule has 3 aromatic rings. The van der Waals surface area contributed by atoms with Gasteiger partial charge in [-0.25, -0.2) is 0 Å². The van der Waals surface area contributed by atoms with Gasteiger partial charge >= 0.3 is 5.97 Å². The quantitative estimate of drug-likeness (QED) is 0.120. The first-order valence-electron chi connectivity index (χ1n) is 13.2. The number of fused-ring (bicyclic) bond motifs is 1. The minimum atomic E-state index is -1.04. The number of aliphatic carboxylic acids is 1. The normalized spacial score (nSPS) is 11.1. The standard InChI is InChI=1S/C31H37NO6/c1-4-5-6-7-8-15-30(35)38-31-27(36-2)21-23(22-28(31)37-3)16-17-24-18-20-32(19-11-14-29(33)34)26-13-10-9-12-25(24)26/h9-10,12-13,16-18,20-22H,4-8,11,14-15,19H2,1-3H3/b17-16+. The summed E-state index contributed by atoms with van der Waals surface area (Å²) in [7, 11) is 3.07. The molecule has 7 heteroatoms. The molecule has 0 radical (unpaired) electrons. The van der Waals surface area contributed by atoms with Gasteiger partial charge in [-0.1, -0.05) is 56.9 Å². The topological polar surface area (TPSA) is 88.8 Å². The van der Waals surface area contributed by atoms with Crippen LogP contribution in [0.1, 0.15) is 69.4 Å². The van der Waals surface area contributed by atoms with Crippen molar-refractivity contribution in [2.24, 2.45) is 0 Å². The van der Waals surface area contributed by atoms with Gasteiger partial charge in [0.05, 0.1) is 19.6 Å². The Labute approximate surface area is 224 Å². The van der Waals surface area contributed by atoms with Gasteiger partial charge in [0, 0.05) is 30.9 Å². The summed E-state index contributed by atoms with van der Waals surface area (Å²) in [6.07, 6.45) is 12.1. The number of carboxylic acid groups (broad SMARTS) is 1. The number of rotatable bonds is 15. The van der Waals surface area contributed by atoms with Crippen LogP contribution in [0.3, 0.4) is 0 Å². The monoisotopic (exact) mass is 519 g/mol. The van der Waals surface area contributed by atoms with Gasteiger partial charge in [-0.3, -0.25) is 4.79 Å². The minimum Gasteiger partial charge on any atom is -0.550 e.